The lowest BCUT2D eigenvalue weighted by atomic mass is 9.97. The highest BCUT2D eigenvalue weighted by atomic mass is 32.1. The first-order valence-electron chi connectivity index (χ1n) is 11.0. The number of hydrogen-bond donors (Lipinski definition) is 3. The van der Waals surface area contributed by atoms with Gasteiger partial charge in [0.25, 0.3) is 0 Å². The van der Waals surface area contributed by atoms with E-state index < -0.39 is 29.0 Å². The molecule has 2 saturated heterocycles. The zero-order chi connectivity index (χ0) is 23.8. The number of rotatable bonds is 7. The first kappa shape index (κ1) is 22.8. The summed E-state index contributed by atoms with van der Waals surface area (Å²) in [6, 6.07) is 1.01. The lowest BCUT2D eigenvalue weighted by molar-refractivity contribution is -0.00546. The minimum Gasteiger partial charge on any atom is -0.477 e. The molecule has 0 saturated carbocycles. The molecule has 0 radical (unpaired) electrons. The van der Waals surface area contributed by atoms with Gasteiger partial charge in [-0.3, -0.25) is 14.7 Å². The van der Waals surface area contributed by atoms with Crippen LogP contribution in [0.25, 0.3) is 16.2 Å². The molecule has 11 nitrogen and oxygen atoms in total. The number of carboxylic acids is 1. The molecule has 5 rings (SSSR count). The molecule has 2 unspecified atom stereocenters. The molecule has 0 spiro atoms. The predicted octanol–water partition coefficient (Wildman–Crippen LogP) is 0.988. The minimum absolute atomic E-state index is 0.0207. The number of nitrogens with zero attached hydrogens (tertiary/aromatic N) is 5. The van der Waals surface area contributed by atoms with E-state index in [2.05, 4.69) is 19.7 Å². The molecule has 5 heterocycles. The maximum atomic E-state index is 15.0. The summed E-state index contributed by atoms with van der Waals surface area (Å²) in [5.41, 5.74) is -1.26. The molecule has 2 fully saturated rings. The summed E-state index contributed by atoms with van der Waals surface area (Å²) in [6.45, 7) is 2.03. The largest absolute Gasteiger partial charge is 0.477 e. The van der Waals surface area contributed by atoms with Crippen LogP contribution in [0.15, 0.2) is 23.4 Å². The van der Waals surface area contributed by atoms with Crippen molar-refractivity contribution >= 4 is 34.4 Å². The lowest BCUT2D eigenvalue weighted by Gasteiger charge is -2.43. The normalized spacial score (nSPS) is 19.8. The van der Waals surface area contributed by atoms with E-state index >= 15 is 0 Å². The van der Waals surface area contributed by atoms with Gasteiger partial charge in [-0.2, -0.15) is 4.37 Å². The van der Waals surface area contributed by atoms with Crippen molar-refractivity contribution in [3.63, 3.8) is 0 Å². The molecule has 0 aliphatic carbocycles. The number of aromatic nitrogens is 4. The number of anilines is 1. The fourth-order valence-electron chi connectivity index (χ4n) is 4.28. The van der Waals surface area contributed by atoms with E-state index in [1.54, 1.807) is 4.90 Å². The van der Waals surface area contributed by atoms with Crippen LogP contribution >= 0.6 is 11.5 Å². The van der Waals surface area contributed by atoms with Crippen molar-refractivity contribution in [2.75, 3.05) is 31.1 Å². The third-order valence-corrected chi connectivity index (χ3v) is 6.85. The van der Waals surface area contributed by atoms with E-state index in [9.17, 15) is 24.2 Å². The Morgan fingerprint density at radius 1 is 1.38 bits per heavy atom. The van der Waals surface area contributed by atoms with E-state index in [4.69, 9.17) is 4.74 Å². The van der Waals surface area contributed by atoms with Gasteiger partial charge in [-0.1, -0.05) is 0 Å². The summed E-state index contributed by atoms with van der Waals surface area (Å²) in [6.07, 6.45) is 4.88. The Morgan fingerprint density at radius 3 is 2.88 bits per heavy atom. The van der Waals surface area contributed by atoms with Crippen molar-refractivity contribution in [1.82, 2.24) is 24.2 Å². The molecule has 3 N–H and O–H groups in total. The summed E-state index contributed by atoms with van der Waals surface area (Å²) in [7, 11) is 0. The van der Waals surface area contributed by atoms with Crippen molar-refractivity contribution in [2.24, 2.45) is 5.92 Å². The number of fused-ring (bicyclic) bond motifs is 1. The van der Waals surface area contributed by atoms with E-state index in [0.717, 1.165) is 49.7 Å². The number of aromatic carboxylic acids is 1. The van der Waals surface area contributed by atoms with Gasteiger partial charge < -0.3 is 19.8 Å². The van der Waals surface area contributed by atoms with Gasteiger partial charge in [-0.05, 0) is 25.3 Å². The van der Waals surface area contributed by atoms with Crippen LogP contribution in [0.5, 0.6) is 0 Å². The van der Waals surface area contributed by atoms with Crippen molar-refractivity contribution in [3.8, 4) is 5.13 Å². The van der Waals surface area contributed by atoms with E-state index in [1.807, 2.05) is 0 Å². The topological polar surface area (TPSA) is 143 Å². The third-order valence-electron chi connectivity index (χ3n) is 6.18. The monoisotopic (exact) mass is 490 g/mol. The van der Waals surface area contributed by atoms with Gasteiger partial charge in [0, 0.05) is 49.9 Å². The predicted molar refractivity (Wildman–Crippen MR) is 121 cm³/mol. The number of ether oxygens (including phenoxy) is 1. The van der Waals surface area contributed by atoms with Crippen LogP contribution in [0.3, 0.4) is 0 Å². The van der Waals surface area contributed by atoms with Gasteiger partial charge in [0.15, 0.2) is 17.3 Å². The maximum absolute atomic E-state index is 15.0. The van der Waals surface area contributed by atoms with Gasteiger partial charge in [-0.15, -0.1) is 0 Å². The van der Waals surface area contributed by atoms with E-state index in [-0.39, 0.29) is 28.9 Å². The molecule has 0 aromatic carbocycles. The number of carbonyl (C=O) groups is 1. The molecule has 3 aromatic heterocycles. The molecule has 2 aliphatic heterocycles. The number of aliphatic hydroxyl groups is 1. The molecular formula is C21H23FN6O5S. The highest BCUT2D eigenvalue weighted by Gasteiger charge is 2.35. The average molecular weight is 491 g/mol. The fraction of sp³-hybridized carbons (Fsp3) is 0.476. The molecule has 0 amide bonds. The molecule has 13 heteroatoms. The Morgan fingerprint density at radius 2 is 2.21 bits per heavy atom. The van der Waals surface area contributed by atoms with Crippen molar-refractivity contribution in [1.29, 1.82) is 0 Å². The van der Waals surface area contributed by atoms with Gasteiger partial charge >= 0.3 is 5.97 Å². The van der Waals surface area contributed by atoms with Crippen LogP contribution in [0.4, 0.5) is 10.2 Å². The SMILES string of the molecule is O=C(O)c1cn(-c2ncns2)c2nc(N3CC(C(O)NCC4CCCCO4)C3)c(F)cc2c1=O. The van der Waals surface area contributed by atoms with Crippen LogP contribution in [-0.4, -0.2) is 73.7 Å². The smallest absolute Gasteiger partial charge is 0.341 e. The molecule has 0 bridgehead atoms. The maximum Gasteiger partial charge on any atom is 0.341 e. The van der Waals surface area contributed by atoms with Crippen LogP contribution < -0.4 is 15.6 Å². The summed E-state index contributed by atoms with van der Waals surface area (Å²) in [4.78, 5) is 34.3. The lowest BCUT2D eigenvalue weighted by Crippen LogP contribution is -2.57. The second kappa shape index (κ2) is 9.33. The quantitative estimate of drug-likeness (QED) is 0.410. The highest BCUT2D eigenvalue weighted by Crippen LogP contribution is 2.29. The third kappa shape index (κ3) is 4.27. The van der Waals surface area contributed by atoms with Crippen LogP contribution in [-0.2, 0) is 4.74 Å². The van der Waals surface area contributed by atoms with Gasteiger partial charge in [-0.25, -0.2) is 19.2 Å². The molecule has 2 aliphatic rings. The minimum atomic E-state index is -1.43. The van der Waals surface area contributed by atoms with Crippen LogP contribution in [0.2, 0.25) is 0 Å². The molecular weight excluding hydrogens is 467 g/mol. The summed E-state index contributed by atoms with van der Waals surface area (Å²) in [5, 5.41) is 23.1. The first-order chi connectivity index (χ1) is 16.4. The number of hydrogen-bond acceptors (Lipinski definition) is 10. The number of pyridine rings is 2. The molecule has 2 atom stereocenters. The Hall–Kier alpha value is -3.00. The number of nitrogens with one attached hydrogen (secondary N) is 1. The Labute approximate surface area is 197 Å². The summed E-state index contributed by atoms with van der Waals surface area (Å²) < 4.78 is 25.9. The second-order valence-corrected chi connectivity index (χ2v) is 9.20. The van der Waals surface area contributed by atoms with Gasteiger partial charge in [0.1, 0.15) is 18.1 Å². The first-order valence-corrected chi connectivity index (χ1v) is 11.7. The Bertz CT molecular complexity index is 1260. The van der Waals surface area contributed by atoms with Gasteiger partial charge in [0.2, 0.25) is 10.6 Å². The zero-order valence-corrected chi connectivity index (χ0v) is 18.9. The van der Waals surface area contributed by atoms with Crippen molar-refractivity contribution in [3.05, 3.63) is 40.2 Å². The highest BCUT2D eigenvalue weighted by molar-refractivity contribution is 7.08. The molecule has 3 aromatic rings. The molecule has 180 valence electrons. The number of halogens is 1. The number of carboxylic acid groups (broad SMARTS) is 1. The summed E-state index contributed by atoms with van der Waals surface area (Å²) >= 11 is 0.985. The van der Waals surface area contributed by atoms with Crippen LogP contribution in [0.1, 0.15) is 29.6 Å². The summed E-state index contributed by atoms with van der Waals surface area (Å²) in [5.74, 6) is -2.28. The Kier molecular flexibility index (Phi) is 6.25. The average Bonchev–Trinajstić information content (AvgIpc) is 3.33. The van der Waals surface area contributed by atoms with E-state index in [0.29, 0.717) is 24.8 Å². The van der Waals surface area contributed by atoms with E-state index in [1.165, 1.54) is 10.9 Å². The second-order valence-electron chi connectivity index (χ2n) is 8.44. The van der Waals surface area contributed by atoms with Crippen molar-refractivity contribution < 1.29 is 24.1 Å². The van der Waals surface area contributed by atoms with Gasteiger partial charge in [0.05, 0.1) is 11.5 Å². The standard InChI is InChI=1S/C21H23FN6O5S/c22-15-5-13-16(29)14(20(31)32)9-28(21-24-10-25-34-21)17(13)26-18(15)27-7-11(8-27)19(30)23-6-12-3-1-2-4-33-12/h5,9-12,19,23,30H,1-4,6-8H2,(H,31,32). The fourth-order valence-corrected chi connectivity index (χ4v) is 4.79. The Balaban J connectivity index is 1.38. The number of aliphatic hydroxyl groups excluding tert-OH is 1. The van der Waals surface area contributed by atoms with Crippen LogP contribution in [0, 0.1) is 11.7 Å². The van der Waals surface area contributed by atoms with Crippen molar-refractivity contribution in [2.45, 2.75) is 31.6 Å². The molecule has 34 heavy (non-hydrogen) atoms. The zero-order valence-electron chi connectivity index (χ0n) is 18.1.